The summed E-state index contributed by atoms with van der Waals surface area (Å²) < 4.78 is 33.7. The molecule has 1 fully saturated rings. The van der Waals surface area contributed by atoms with Crippen LogP contribution in [-0.2, 0) is 19.6 Å². The van der Waals surface area contributed by atoms with Gasteiger partial charge in [-0.15, -0.1) is 0 Å². The minimum Gasteiger partial charge on any atom is -0.463 e. The minimum absolute atomic E-state index is 0.156. The molecule has 9 nitrogen and oxygen atoms in total. The lowest BCUT2D eigenvalue weighted by atomic mass is 9.94. The van der Waals surface area contributed by atoms with Crippen molar-refractivity contribution in [2.75, 3.05) is 39.3 Å². The normalized spacial score (nSPS) is 20.9. The zero-order valence-corrected chi connectivity index (χ0v) is 25.3. The van der Waals surface area contributed by atoms with Gasteiger partial charge in [-0.25, -0.2) is 18.0 Å². The van der Waals surface area contributed by atoms with Crippen molar-refractivity contribution in [3.63, 3.8) is 0 Å². The van der Waals surface area contributed by atoms with E-state index in [9.17, 15) is 18.0 Å². The molecule has 0 spiro atoms. The standard InChI is InChI=1S/C28H34Cl2N4O5S/c1-5-33-24(17-32-13-14-34(19(4)16-32)40(37,38)21-10-7-18(3)8-11-21)25(27(35)39-6-2)26(31-28(33)36)22-12-9-20(29)15-23(22)30/h7-12,15,19,26H,5-6,13-14,16-17H2,1-4H3,(H,31,36). The number of piperazine rings is 1. The van der Waals surface area contributed by atoms with E-state index in [4.69, 9.17) is 27.9 Å². The number of carbonyl (C=O) groups is 2. The van der Waals surface area contributed by atoms with Gasteiger partial charge in [0.05, 0.1) is 23.1 Å². The van der Waals surface area contributed by atoms with Crippen LogP contribution in [0.25, 0.3) is 0 Å². The first kappa shape index (κ1) is 30.3. The van der Waals surface area contributed by atoms with Crippen LogP contribution in [0.2, 0.25) is 10.0 Å². The van der Waals surface area contributed by atoms with E-state index < -0.39 is 22.0 Å². The Balaban J connectivity index is 1.67. The highest BCUT2D eigenvalue weighted by Gasteiger charge is 2.40. The lowest BCUT2D eigenvalue weighted by Gasteiger charge is -2.42. The van der Waals surface area contributed by atoms with Crippen molar-refractivity contribution in [1.29, 1.82) is 0 Å². The van der Waals surface area contributed by atoms with Gasteiger partial charge in [-0.1, -0.05) is 47.0 Å². The largest absolute Gasteiger partial charge is 0.463 e. The van der Waals surface area contributed by atoms with Gasteiger partial charge in [0.15, 0.2) is 0 Å². The molecule has 1 N–H and O–H groups in total. The highest BCUT2D eigenvalue weighted by atomic mass is 35.5. The molecule has 4 rings (SSSR count). The van der Waals surface area contributed by atoms with E-state index in [1.807, 2.05) is 20.8 Å². The number of benzene rings is 2. The van der Waals surface area contributed by atoms with Crippen molar-refractivity contribution < 1.29 is 22.7 Å². The second-order valence-corrected chi connectivity index (χ2v) is 12.6. The second-order valence-electron chi connectivity index (χ2n) is 9.89. The second kappa shape index (κ2) is 12.5. The van der Waals surface area contributed by atoms with Crippen LogP contribution in [0.5, 0.6) is 0 Å². The third-order valence-corrected chi connectivity index (χ3v) is 9.77. The number of rotatable bonds is 8. The third kappa shape index (κ3) is 6.16. The van der Waals surface area contributed by atoms with Crippen LogP contribution < -0.4 is 5.32 Å². The molecule has 1 saturated heterocycles. The molecule has 2 aliphatic rings. The van der Waals surface area contributed by atoms with Crippen molar-refractivity contribution in [2.24, 2.45) is 0 Å². The van der Waals surface area contributed by atoms with Gasteiger partial charge in [-0.2, -0.15) is 4.31 Å². The van der Waals surface area contributed by atoms with Gasteiger partial charge in [0.25, 0.3) is 0 Å². The summed E-state index contributed by atoms with van der Waals surface area (Å²) in [6.07, 6.45) is 0. The number of likely N-dealkylation sites (N-methyl/N-ethyl adjacent to an activating group) is 1. The number of amides is 2. The molecule has 0 aromatic heterocycles. The number of urea groups is 1. The number of esters is 1. The number of sulfonamides is 1. The summed E-state index contributed by atoms with van der Waals surface area (Å²) in [6, 6.07) is 10.2. The van der Waals surface area contributed by atoms with Crippen LogP contribution >= 0.6 is 23.2 Å². The molecule has 0 bridgehead atoms. The van der Waals surface area contributed by atoms with Crippen LogP contribution in [0.3, 0.4) is 0 Å². The predicted octanol–water partition coefficient (Wildman–Crippen LogP) is 4.60. The van der Waals surface area contributed by atoms with Crippen LogP contribution in [-0.4, -0.2) is 79.9 Å². The summed E-state index contributed by atoms with van der Waals surface area (Å²) in [5.41, 5.74) is 2.30. The monoisotopic (exact) mass is 608 g/mol. The van der Waals surface area contributed by atoms with Crippen molar-refractivity contribution in [2.45, 2.75) is 44.7 Å². The number of aryl methyl sites for hydroxylation is 1. The molecule has 0 aliphatic carbocycles. The Hall–Kier alpha value is -2.63. The molecule has 2 unspecified atom stereocenters. The fourth-order valence-corrected chi connectivity index (χ4v) is 7.33. The van der Waals surface area contributed by atoms with Gasteiger partial charge in [0, 0.05) is 54.5 Å². The summed E-state index contributed by atoms with van der Waals surface area (Å²) in [4.78, 5) is 30.5. The summed E-state index contributed by atoms with van der Waals surface area (Å²) in [5, 5.41) is 3.65. The SMILES string of the molecule is CCOC(=O)C1=C(CN2CCN(S(=O)(=O)c3ccc(C)cc3)C(C)C2)N(CC)C(=O)NC1c1ccc(Cl)cc1Cl. The maximum absolute atomic E-state index is 13.4. The Kier molecular flexibility index (Phi) is 9.47. The zero-order chi connectivity index (χ0) is 29.2. The van der Waals surface area contributed by atoms with Crippen molar-refractivity contribution in [3.05, 3.63) is 74.9 Å². The van der Waals surface area contributed by atoms with E-state index in [1.165, 1.54) is 9.21 Å². The lowest BCUT2D eigenvalue weighted by Crippen LogP contribution is -2.56. The molecule has 2 heterocycles. The molecule has 12 heteroatoms. The van der Waals surface area contributed by atoms with Gasteiger partial charge < -0.3 is 10.1 Å². The smallest absolute Gasteiger partial charge is 0.338 e. The Morgan fingerprint density at radius 1 is 1.10 bits per heavy atom. The number of halogens is 2. The molecule has 2 aromatic rings. The van der Waals surface area contributed by atoms with Gasteiger partial charge in [0.2, 0.25) is 10.0 Å². The summed E-state index contributed by atoms with van der Waals surface area (Å²) >= 11 is 12.6. The van der Waals surface area contributed by atoms with Crippen molar-refractivity contribution in [3.8, 4) is 0 Å². The molecule has 216 valence electrons. The zero-order valence-electron chi connectivity index (χ0n) is 23.0. The van der Waals surface area contributed by atoms with Gasteiger partial charge in [0.1, 0.15) is 0 Å². The molecule has 2 aromatic carbocycles. The van der Waals surface area contributed by atoms with Gasteiger partial charge >= 0.3 is 12.0 Å². The number of hydrogen-bond donors (Lipinski definition) is 1. The highest BCUT2D eigenvalue weighted by Crippen LogP contribution is 2.36. The first-order valence-electron chi connectivity index (χ1n) is 13.2. The van der Waals surface area contributed by atoms with Crippen LogP contribution in [0.15, 0.2) is 58.6 Å². The summed E-state index contributed by atoms with van der Waals surface area (Å²) in [7, 11) is -3.67. The molecule has 2 amide bonds. The van der Waals surface area contributed by atoms with Crippen LogP contribution in [0.4, 0.5) is 4.79 Å². The fourth-order valence-electron chi connectivity index (χ4n) is 5.20. The molecule has 2 aliphatic heterocycles. The van der Waals surface area contributed by atoms with Crippen LogP contribution in [0, 0.1) is 6.92 Å². The van der Waals surface area contributed by atoms with Gasteiger partial charge in [-0.3, -0.25) is 9.80 Å². The van der Waals surface area contributed by atoms with Gasteiger partial charge in [-0.05, 0) is 57.5 Å². The first-order valence-corrected chi connectivity index (χ1v) is 15.4. The van der Waals surface area contributed by atoms with Crippen molar-refractivity contribution in [1.82, 2.24) is 19.4 Å². The average Bonchev–Trinajstić information content (AvgIpc) is 2.89. The summed E-state index contributed by atoms with van der Waals surface area (Å²) in [6.45, 7) is 9.14. The third-order valence-electron chi connectivity index (χ3n) is 7.18. The topological polar surface area (TPSA) is 99.3 Å². The Morgan fingerprint density at radius 3 is 2.40 bits per heavy atom. The molecular weight excluding hydrogens is 575 g/mol. The number of hydrogen-bond acceptors (Lipinski definition) is 6. The quantitative estimate of drug-likeness (QED) is 0.440. The van der Waals surface area contributed by atoms with E-state index in [2.05, 4.69) is 10.2 Å². The Bertz CT molecular complexity index is 1410. The lowest BCUT2D eigenvalue weighted by molar-refractivity contribution is -0.139. The highest BCUT2D eigenvalue weighted by molar-refractivity contribution is 7.89. The fraction of sp³-hybridized carbons (Fsp3) is 0.429. The van der Waals surface area contributed by atoms with E-state index >= 15 is 0 Å². The number of nitrogens with zero attached hydrogens (tertiary/aromatic N) is 3. The molecule has 0 saturated carbocycles. The van der Waals surface area contributed by atoms with Crippen molar-refractivity contribution >= 4 is 45.2 Å². The summed E-state index contributed by atoms with van der Waals surface area (Å²) in [5.74, 6) is -0.555. The van der Waals surface area contributed by atoms with E-state index in [0.29, 0.717) is 40.9 Å². The molecule has 2 atom stereocenters. The number of carbonyl (C=O) groups excluding carboxylic acids is 2. The average molecular weight is 610 g/mol. The molecular formula is C28H34Cl2N4O5S. The Morgan fingerprint density at radius 2 is 1.80 bits per heavy atom. The molecule has 0 radical (unpaired) electrons. The van der Waals surface area contributed by atoms with E-state index in [1.54, 1.807) is 49.4 Å². The van der Waals surface area contributed by atoms with E-state index in [-0.39, 0.29) is 42.2 Å². The number of ether oxygens (including phenoxy) is 1. The van der Waals surface area contributed by atoms with Crippen LogP contribution in [0.1, 0.15) is 37.9 Å². The first-order chi connectivity index (χ1) is 19.0. The number of nitrogens with one attached hydrogen (secondary N) is 1. The maximum Gasteiger partial charge on any atom is 0.338 e. The van der Waals surface area contributed by atoms with E-state index in [0.717, 1.165) is 5.56 Å². The Labute approximate surface area is 245 Å². The minimum atomic E-state index is -3.67. The predicted molar refractivity (Wildman–Crippen MR) is 155 cm³/mol. The molecule has 40 heavy (non-hydrogen) atoms. The maximum atomic E-state index is 13.4.